The van der Waals surface area contributed by atoms with Crippen molar-refractivity contribution < 1.29 is 5.11 Å². The third kappa shape index (κ3) is 4.00. The van der Waals surface area contributed by atoms with Gasteiger partial charge in [-0.15, -0.1) is 0 Å². The van der Waals surface area contributed by atoms with Gasteiger partial charge in [-0.1, -0.05) is 52.4 Å². The van der Waals surface area contributed by atoms with Gasteiger partial charge in [0.1, 0.15) is 0 Å². The Balaban J connectivity index is 2.21. The molecule has 0 heterocycles. The van der Waals surface area contributed by atoms with Gasteiger partial charge < -0.3 is 5.11 Å². The maximum atomic E-state index is 9.75. The lowest BCUT2D eigenvalue weighted by Crippen LogP contribution is -2.20. The zero-order chi connectivity index (χ0) is 10.4. The molecule has 0 amide bonds. The Kier molecular flexibility index (Phi) is 5.54. The number of hydrogen-bond donors (Lipinski definition) is 1. The van der Waals surface area contributed by atoms with E-state index in [0.29, 0.717) is 0 Å². The molecule has 1 rings (SSSR count). The molecule has 1 nitrogen and oxygen atoms in total. The number of hydrogen-bond acceptors (Lipinski definition) is 1. The van der Waals surface area contributed by atoms with E-state index in [2.05, 4.69) is 13.8 Å². The Bertz CT molecular complexity index is 138. The largest absolute Gasteiger partial charge is 0.393 e. The monoisotopic (exact) mass is 198 g/mol. The van der Waals surface area contributed by atoms with Gasteiger partial charge in [0, 0.05) is 0 Å². The van der Waals surface area contributed by atoms with E-state index in [-0.39, 0.29) is 6.10 Å². The molecule has 0 aliphatic heterocycles. The summed E-state index contributed by atoms with van der Waals surface area (Å²) in [6.45, 7) is 4.48. The summed E-state index contributed by atoms with van der Waals surface area (Å²) in [5.41, 5.74) is 0. The summed E-state index contributed by atoms with van der Waals surface area (Å²) in [5.74, 6) is 1.63. The second-order valence-electron chi connectivity index (χ2n) is 5.05. The Morgan fingerprint density at radius 2 is 1.86 bits per heavy atom. The zero-order valence-corrected chi connectivity index (χ0v) is 9.84. The lowest BCUT2D eigenvalue weighted by Gasteiger charge is -2.29. The SMILES string of the molecule is CCCC(O)CC(C)C1CCCCC1. The van der Waals surface area contributed by atoms with Crippen LogP contribution in [0.5, 0.6) is 0 Å². The molecule has 1 aliphatic carbocycles. The van der Waals surface area contributed by atoms with Crippen LogP contribution < -0.4 is 0 Å². The Morgan fingerprint density at radius 3 is 2.43 bits per heavy atom. The molecular formula is C13H26O. The van der Waals surface area contributed by atoms with E-state index in [9.17, 15) is 5.11 Å². The highest BCUT2D eigenvalue weighted by atomic mass is 16.3. The van der Waals surface area contributed by atoms with Gasteiger partial charge in [-0.3, -0.25) is 0 Å². The fourth-order valence-corrected chi connectivity index (χ4v) is 2.78. The van der Waals surface area contributed by atoms with Crippen LogP contribution in [0.15, 0.2) is 0 Å². The molecule has 1 aliphatic rings. The van der Waals surface area contributed by atoms with E-state index < -0.39 is 0 Å². The maximum absolute atomic E-state index is 9.75. The third-order valence-corrected chi connectivity index (χ3v) is 3.72. The number of aliphatic hydroxyl groups excluding tert-OH is 1. The van der Waals surface area contributed by atoms with Crippen LogP contribution in [-0.4, -0.2) is 11.2 Å². The van der Waals surface area contributed by atoms with Crippen molar-refractivity contribution >= 4 is 0 Å². The Labute approximate surface area is 88.9 Å². The molecule has 0 saturated heterocycles. The average Bonchev–Trinajstić information content (AvgIpc) is 2.19. The van der Waals surface area contributed by atoms with Gasteiger partial charge in [0.2, 0.25) is 0 Å². The van der Waals surface area contributed by atoms with Crippen molar-refractivity contribution in [2.45, 2.75) is 71.3 Å². The van der Waals surface area contributed by atoms with E-state index in [1.54, 1.807) is 0 Å². The average molecular weight is 198 g/mol. The molecule has 0 aromatic carbocycles. The summed E-state index contributed by atoms with van der Waals surface area (Å²) >= 11 is 0. The number of aliphatic hydroxyl groups is 1. The molecule has 0 spiro atoms. The van der Waals surface area contributed by atoms with E-state index in [0.717, 1.165) is 31.1 Å². The second-order valence-corrected chi connectivity index (χ2v) is 5.05. The van der Waals surface area contributed by atoms with Gasteiger partial charge in [-0.25, -0.2) is 0 Å². The van der Waals surface area contributed by atoms with Crippen LogP contribution in [0.4, 0.5) is 0 Å². The van der Waals surface area contributed by atoms with Crippen molar-refractivity contribution in [2.24, 2.45) is 11.8 Å². The van der Waals surface area contributed by atoms with Crippen LogP contribution in [0.3, 0.4) is 0 Å². The molecule has 1 fully saturated rings. The first-order valence-electron chi connectivity index (χ1n) is 6.42. The molecule has 0 aromatic rings. The minimum atomic E-state index is -0.0445. The zero-order valence-electron chi connectivity index (χ0n) is 9.84. The van der Waals surface area contributed by atoms with Gasteiger partial charge in [0.05, 0.1) is 6.10 Å². The van der Waals surface area contributed by atoms with Gasteiger partial charge >= 0.3 is 0 Å². The molecule has 84 valence electrons. The van der Waals surface area contributed by atoms with Gasteiger partial charge in [0.25, 0.3) is 0 Å². The lowest BCUT2D eigenvalue weighted by atomic mass is 9.78. The van der Waals surface area contributed by atoms with E-state index >= 15 is 0 Å². The van der Waals surface area contributed by atoms with Crippen molar-refractivity contribution in [1.82, 2.24) is 0 Å². The Hall–Kier alpha value is -0.0400. The summed E-state index contributed by atoms with van der Waals surface area (Å²) < 4.78 is 0. The highest BCUT2D eigenvalue weighted by Gasteiger charge is 2.21. The van der Waals surface area contributed by atoms with Crippen molar-refractivity contribution in [2.75, 3.05) is 0 Å². The fraction of sp³-hybridized carbons (Fsp3) is 1.00. The highest BCUT2D eigenvalue weighted by molar-refractivity contribution is 4.73. The van der Waals surface area contributed by atoms with Crippen LogP contribution in [0.2, 0.25) is 0 Å². The first-order chi connectivity index (χ1) is 6.74. The van der Waals surface area contributed by atoms with Crippen LogP contribution in [0.25, 0.3) is 0 Å². The minimum absolute atomic E-state index is 0.0445. The summed E-state index contributed by atoms with van der Waals surface area (Å²) in [6, 6.07) is 0. The molecule has 1 N–H and O–H groups in total. The second kappa shape index (κ2) is 6.44. The van der Waals surface area contributed by atoms with Crippen molar-refractivity contribution in [3.05, 3.63) is 0 Å². The summed E-state index contributed by atoms with van der Waals surface area (Å²) in [5, 5.41) is 9.75. The summed E-state index contributed by atoms with van der Waals surface area (Å²) in [4.78, 5) is 0. The molecule has 0 radical (unpaired) electrons. The predicted octanol–water partition coefficient (Wildman–Crippen LogP) is 3.75. The van der Waals surface area contributed by atoms with E-state index in [1.165, 1.54) is 32.1 Å². The lowest BCUT2D eigenvalue weighted by molar-refractivity contribution is 0.111. The minimum Gasteiger partial charge on any atom is -0.393 e. The van der Waals surface area contributed by atoms with Gasteiger partial charge in [-0.05, 0) is 24.7 Å². The van der Waals surface area contributed by atoms with Crippen LogP contribution in [0.1, 0.15) is 65.2 Å². The molecule has 1 saturated carbocycles. The van der Waals surface area contributed by atoms with Crippen molar-refractivity contribution in [1.29, 1.82) is 0 Å². The quantitative estimate of drug-likeness (QED) is 0.713. The predicted molar refractivity (Wildman–Crippen MR) is 61.3 cm³/mol. The molecule has 2 unspecified atom stereocenters. The van der Waals surface area contributed by atoms with Crippen LogP contribution >= 0.6 is 0 Å². The molecule has 0 bridgehead atoms. The Morgan fingerprint density at radius 1 is 1.21 bits per heavy atom. The fourth-order valence-electron chi connectivity index (χ4n) is 2.78. The smallest absolute Gasteiger partial charge is 0.0542 e. The first kappa shape index (κ1) is 12.0. The highest BCUT2D eigenvalue weighted by Crippen LogP contribution is 2.32. The van der Waals surface area contributed by atoms with Crippen molar-refractivity contribution in [3.63, 3.8) is 0 Å². The molecule has 1 heteroatoms. The van der Waals surface area contributed by atoms with E-state index in [1.807, 2.05) is 0 Å². The van der Waals surface area contributed by atoms with Gasteiger partial charge in [-0.2, -0.15) is 0 Å². The first-order valence-corrected chi connectivity index (χ1v) is 6.42. The molecule has 2 atom stereocenters. The molecular weight excluding hydrogens is 172 g/mol. The molecule has 14 heavy (non-hydrogen) atoms. The molecule has 0 aromatic heterocycles. The maximum Gasteiger partial charge on any atom is 0.0542 e. The summed E-state index contributed by atoms with van der Waals surface area (Å²) in [6.07, 6.45) is 10.1. The summed E-state index contributed by atoms with van der Waals surface area (Å²) in [7, 11) is 0. The van der Waals surface area contributed by atoms with Crippen LogP contribution in [0, 0.1) is 11.8 Å². The topological polar surface area (TPSA) is 20.2 Å². The third-order valence-electron chi connectivity index (χ3n) is 3.72. The van der Waals surface area contributed by atoms with E-state index in [4.69, 9.17) is 0 Å². The standard InChI is InChI=1S/C13H26O/c1-3-7-13(14)10-11(2)12-8-5-4-6-9-12/h11-14H,3-10H2,1-2H3. The van der Waals surface area contributed by atoms with Crippen molar-refractivity contribution in [3.8, 4) is 0 Å². The number of rotatable bonds is 5. The van der Waals surface area contributed by atoms with Gasteiger partial charge in [0.15, 0.2) is 0 Å². The normalized spacial score (nSPS) is 23.4. The van der Waals surface area contributed by atoms with Crippen LogP contribution in [-0.2, 0) is 0 Å².